The first kappa shape index (κ1) is 16.8. The summed E-state index contributed by atoms with van der Waals surface area (Å²) in [5.74, 6) is -0.531. The molecule has 0 fully saturated rings. The molecule has 22 heavy (non-hydrogen) atoms. The molecule has 0 aliphatic rings. The maximum atomic E-state index is 12.7. The molecule has 1 amide bonds. The van der Waals surface area contributed by atoms with E-state index in [0.29, 0.717) is 4.47 Å². The van der Waals surface area contributed by atoms with E-state index in [1.165, 1.54) is 10.9 Å². The van der Waals surface area contributed by atoms with Crippen molar-refractivity contribution in [3.05, 3.63) is 45.7 Å². The smallest absolute Gasteiger partial charge is 0.323 e. The molecule has 0 radical (unpaired) electrons. The highest BCUT2D eigenvalue weighted by Crippen LogP contribution is 2.34. The van der Waals surface area contributed by atoms with E-state index in [0.717, 1.165) is 18.2 Å². The molecule has 1 unspecified atom stereocenters. The van der Waals surface area contributed by atoms with Crippen molar-refractivity contribution in [3.8, 4) is 0 Å². The number of halogens is 5. The molecule has 0 saturated carbocycles. The third-order valence-electron chi connectivity index (χ3n) is 2.90. The lowest BCUT2D eigenvalue weighted by molar-refractivity contribution is -0.137. The molecule has 0 aliphatic heterocycles. The van der Waals surface area contributed by atoms with Gasteiger partial charge in [-0.1, -0.05) is 11.6 Å². The number of nitrogens with zero attached hydrogens (tertiary/aromatic N) is 2. The Labute approximate surface area is 137 Å². The number of anilines is 1. The molecule has 1 heterocycles. The van der Waals surface area contributed by atoms with Crippen LogP contribution in [0.15, 0.2) is 35.1 Å². The van der Waals surface area contributed by atoms with Crippen molar-refractivity contribution in [1.29, 1.82) is 0 Å². The van der Waals surface area contributed by atoms with Crippen molar-refractivity contribution in [3.63, 3.8) is 0 Å². The van der Waals surface area contributed by atoms with Gasteiger partial charge in [-0.3, -0.25) is 9.48 Å². The minimum Gasteiger partial charge on any atom is -0.323 e. The standard InChI is InChI=1S/C13H10BrClF3N3O/c1-7(21-6-9(14)5-19-21)12(22)20-11-4-8(13(16,17)18)2-3-10(11)15/h2-7H,1H3,(H,20,22). The lowest BCUT2D eigenvalue weighted by Gasteiger charge is -2.15. The molecule has 1 aromatic heterocycles. The summed E-state index contributed by atoms with van der Waals surface area (Å²) in [5.41, 5.74) is -0.985. The predicted octanol–water partition coefficient (Wildman–Crippen LogP) is 4.52. The van der Waals surface area contributed by atoms with Crippen LogP contribution in [0.5, 0.6) is 0 Å². The van der Waals surface area contributed by atoms with Crippen LogP contribution in [0.1, 0.15) is 18.5 Å². The molecule has 2 aromatic rings. The van der Waals surface area contributed by atoms with Crippen LogP contribution in [-0.2, 0) is 11.0 Å². The third kappa shape index (κ3) is 3.80. The quantitative estimate of drug-likeness (QED) is 0.829. The first-order chi connectivity index (χ1) is 10.2. The molecule has 0 bridgehead atoms. The van der Waals surface area contributed by atoms with Gasteiger partial charge in [-0.25, -0.2) is 0 Å². The largest absolute Gasteiger partial charge is 0.416 e. The number of rotatable bonds is 3. The Kier molecular flexibility index (Phi) is 4.81. The summed E-state index contributed by atoms with van der Waals surface area (Å²) >= 11 is 9.03. The molecular weight excluding hydrogens is 387 g/mol. The summed E-state index contributed by atoms with van der Waals surface area (Å²) in [6.45, 7) is 1.57. The molecule has 9 heteroatoms. The van der Waals surface area contributed by atoms with Crippen LogP contribution >= 0.6 is 27.5 Å². The van der Waals surface area contributed by atoms with Crippen LogP contribution in [-0.4, -0.2) is 15.7 Å². The van der Waals surface area contributed by atoms with Gasteiger partial charge in [0.2, 0.25) is 5.91 Å². The molecule has 1 aromatic carbocycles. The monoisotopic (exact) mass is 395 g/mol. The van der Waals surface area contributed by atoms with Gasteiger partial charge in [-0.2, -0.15) is 18.3 Å². The van der Waals surface area contributed by atoms with Crippen molar-refractivity contribution < 1.29 is 18.0 Å². The molecule has 0 aliphatic carbocycles. The van der Waals surface area contributed by atoms with E-state index in [1.54, 1.807) is 13.1 Å². The predicted molar refractivity (Wildman–Crippen MR) is 79.7 cm³/mol. The van der Waals surface area contributed by atoms with Crippen LogP contribution in [0.25, 0.3) is 0 Å². The van der Waals surface area contributed by atoms with Crippen molar-refractivity contribution in [2.45, 2.75) is 19.1 Å². The van der Waals surface area contributed by atoms with Gasteiger partial charge in [0.25, 0.3) is 0 Å². The second-order valence-electron chi connectivity index (χ2n) is 4.50. The van der Waals surface area contributed by atoms with E-state index in [1.807, 2.05) is 0 Å². The van der Waals surface area contributed by atoms with Gasteiger partial charge >= 0.3 is 6.18 Å². The second kappa shape index (κ2) is 6.29. The average molecular weight is 397 g/mol. The van der Waals surface area contributed by atoms with E-state index in [2.05, 4.69) is 26.3 Å². The van der Waals surface area contributed by atoms with Gasteiger partial charge in [0, 0.05) is 6.20 Å². The number of alkyl halides is 3. The highest BCUT2D eigenvalue weighted by Gasteiger charge is 2.31. The van der Waals surface area contributed by atoms with Gasteiger partial charge in [-0.15, -0.1) is 0 Å². The third-order valence-corrected chi connectivity index (χ3v) is 3.64. The fraction of sp³-hybridized carbons (Fsp3) is 0.231. The van der Waals surface area contributed by atoms with Crippen molar-refractivity contribution in [1.82, 2.24) is 9.78 Å². The molecule has 118 valence electrons. The number of carbonyl (C=O) groups is 1. The lowest BCUT2D eigenvalue weighted by Crippen LogP contribution is -2.24. The van der Waals surface area contributed by atoms with E-state index < -0.39 is 23.7 Å². The number of benzene rings is 1. The topological polar surface area (TPSA) is 46.9 Å². The zero-order valence-electron chi connectivity index (χ0n) is 11.2. The van der Waals surface area contributed by atoms with E-state index in [4.69, 9.17) is 11.6 Å². The molecule has 1 N–H and O–H groups in total. The summed E-state index contributed by atoms with van der Waals surface area (Å²) in [6, 6.07) is 2.03. The van der Waals surface area contributed by atoms with Crippen LogP contribution in [0.4, 0.5) is 18.9 Å². The number of amides is 1. The van der Waals surface area contributed by atoms with Crippen molar-refractivity contribution in [2.24, 2.45) is 0 Å². The summed E-state index contributed by atoms with van der Waals surface area (Å²) in [6.07, 6.45) is -1.43. The van der Waals surface area contributed by atoms with Gasteiger partial charge in [-0.05, 0) is 41.1 Å². The Morgan fingerprint density at radius 3 is 2.68 bits per heavy atom. The van der Waals surface area contributed by atoms with Crippen molar-refractivity contribution in [2.75, 3.05) is 5.32 Å². The molecule has 2 rings (SSSR count). The number of nitrogens with one attached hydrogen (secondary N) is 1. The minimum atomic E-state index is -4.51. The minimum absolute atomic E-state index is 0.0233. The summed E-state index contributed by atoms with van der Waals surface area (Å²) in [5, 5.41) is 6.36. The maximum Gasteiger partial charge on any atom is 0.416 e. The SMILES string of the molecule is CC(C(=O)Nc1cc(C(F)(F)F)ccc1Cl)n1cc(Br)cn1. The van der Waals surface area contributed by atoms with Crippen LogP contribution in [0, 0.1) is 0 Å². The highest BCUT2D eigenvalue weighted by molar-refractivity contribution is 9.10. The Balaban J connectivity index is 2.21. The summed E-state index contributed by atoms with van der Waals surface area (Å²) < 4.78 is 40.1. The van der Waals surface area contributed by atoms with Crippen LogP contribution in [0.2, 0.25) is 5.02 Å². The van der Waals surface area contributed by atoms with Gasteiger partial charge in [0.05, 0.1) is 26.9 Å². The van der Waals surface area contributed by atoms with Crippen molar-refractivity contribution >= 4 is 39.1 Å². The van der Waals surface area contributed by atoms with Gasteiger partial charge < -0.3 is 5.32 Å². The summed E-state index contributed by atoms with van der Waals surface area (Å²) in [4.78, 5) is 12.1. The summed E-state index contributed by atoms with van der Waals surface area (Å²) in [7, 11) is 0. The fourth-order valence-electron chi connectivity index (χ4n) is 1.68. The zero-order chi connectivity index (χ0) is 16.5. The normalized spacial score (nSPS) is 13.0. The molecule has 0 spiro atoms. The molecule has 1 atom stereocenters. The zero-order valence-corrected chi connectivity index (χ0v) is 13.5. The van der Waals surface area contributed by atoms with E-state index >= 15 is 0 Å². The first-order valence-corrected chi connectivity index (χ1v) is 7.23. The number of hydrogen-bond donors (Lipinski definition) is 1. The Hall–Kier alpha value is -1.54. The number of hydrogen-bond acceptors (Lipinski definition) is 2. The van der Waals surface area contributed by atoms with Crippen LogP contribution in [0.3, 0.4) is 0 Å². The highest BCUT2D eigenvalue weighted by atomic mass is 79.9. The molecular formula is C13H10BrClF3N3O. The van der Waals surface area contributed by atoms with E-state index in [9.17, 15) is 18.0 Å². The number of carbonyl (C=O) groups excluding carboxylic acids is 1. The average Bonchev–Trinajstić information content (AvgIpc) is 2.85. The Bertz CT molecular complexity index is 702. The molecule has 0 saturated heterocycles. The lowest BCUT2D eigenvalue weighted by atomic mass is 10.2. The van der Waals surface area contributed by atoms with Gasteiger partial charge in [0.15, 0.2) is 0 Å². The van der Waals surface area contributed by atoms with Crippen LogP contribution < -0.4 is 5.32 Å². The first-order valence-electron chi connectivity index (χ1n) is 6.06. The molecule has 4 nitrogen and oxygen atoms in total. The number of aromatic nitrogens is 2. The second-order valence-corrected chi connectivity index (χ2v) is 5.82. The maximum absolute atomic E-state index is 12.7. The van der Waals surface area contributed by atoms with E-state index in [-0.39, 0.29) is 10.7 Å². The Morgan fingerprint density at radius 1 is 1.45 bits per heavy atom. The fourth-order valence-corrected chi connectivity index (χ4v) is 2.15. The van der Waals surface area contributed by atoms with Gasteiger partial charge in [0.1, 0.15) is 6.04 Å². The Morgan fingerprint density at radius 2 is 2.14 bits per heavy atom.